The van der Waals surface area contributed by atoms with E-state index in [0.29, 0.717) is 37.6 Å². The van der Waals surface area contributed by atoms with Crippen LogP contribution in [0.15, 0.2) is 53.7 Å². The van der Waals surface area contributed by atoms with E-state index in [1.807, 2.05) is 0 Å². The van der Waals surface area contributed by atoms with E-state index in [9.17, 15) is 22.8 Å². The molecule has 3 heterocycles. The van der Waals surface area contributed by atoms with E-state index < -0.39 is 21.8 Å². The number of pyridine rings is 1. The van der Waals surface area contributed by atoms with Crippen molar-refractivity contribution in [3.8, 4) is 0 Å². The molecule has 34 heavy (non-hydrogen) atoms. The second kappa shape index (κ2) is 10.2. The van der Waals surface area contributed by atoms with Gasteiger partial charge >= 0.3 is 11.8 Å². The molecule has 2 saturated heterocycles. The van der Waals surface area contributed by atoms with E-state index in [2.05, 4.69) is 9.71 Å². The first-order valence-electron chi connectivity index (χ1n) is 10.8. The van der Waals surface area contributed by atoms with Crippen LogP contribution < -0.4 is 4.72 Å². The van der Waals surface area contributed by atoms with Crippen molar-refractivity contribution in [2.75, 3.05) is 57.2 Å². The Labute approximate surface area is 197 Å². The van der Waals surface area contributed by atoms with Crippen LogP contribution in [0.1, 0.15) is 10.4 Å². The van der Waals surface area contributed by atoms with E-state index in [-0.39, 0.29) is 37.0 Å². The van der Waals surface area contributed by atoms with Crippen molar-refractivity contribution in [3.63, 3.8) is 0 Å². The standard InChI is InChI=1S/C22H25N5O6S/c28-20(17-1-3-19(4-2-17)34(31,32)24-18-5-7-23-8-6-18)25-9-11-26(12-10-25)21(29)22(30)27-13-15-33-16-14-27/h1-8H,9-16H2,(H,23,24). The maximum atomic E-state index is 12.9. The molecule has 2 aromatic rings. The second-order valence-corrected chi connectivity index (χ2v) is 9.54. The number of carbonyl (C=O) groups is 3. The van der Waals surface area contributed by atoms with Crippen LogP contribution in [-0.2, 0) is 24.3 Å². The summed E-state index contributed by atoms with van der Waals surface area (Å²) >= 11 is 0. The lowest BCUT2D eigenvalue weighted by molar-refractivity contribution is -0.154. The molecule has 2 aliphatic rings. The summed E-state index contributed by atoms with van der Waals surface area (Å²) in [6, 6.07) is 8.74. The van der Waals surface area contributed by atoms with Crippen LogP contribution >= 0.6 is 0 Å². The highest BCUT2D eigenvalue weighted by Gasteiger charge is 2.31. The van der Waals surface area contributed by atoms with Crippen LogP contribution in [0.4, 0.5) is 5.69 Å². The minimum Gasteiger partial charge on any atom is -0.378 e. The molecule has 0 bridgehead atoms. The zero-order chi connectivity index (χ0) is 24.1. The Balaban J connectivity index is 1.33. The highest BCUT2D eigenvalue weighted by atomic mass is 32.2. The Kier molecular flexibility index (Phi) is 7.08. The first-order chi connectivity index (χ1) is 16.3. The van der Waals surface area contributed by atoms with Gasteiger partial charge in [0, 0.05) is 57.2 Å². The first-order valence-corrected chi connectivity index (χ1v) is 12.3. The number of benzene rings is 1. The van der Waals surface area contributed by atoms with Crippen molar-refractivity contribution < 1.29 is 27.5 Å². The minimum atomic E-state index is -3.81. The van der Waals surface area contributed by atoms with E-state index >= 15 is 0 Å². The second-order valence-electron chi connectivity index (χ2n) is 7.85. The molecule has 0 aliphatic carbocycles. The number of nitrogens with zero attached hydrogens (tertiary/aromatic N) is 4. The Morgan fingerprint density at radius 3 is 1.88 bits per heavy atom. The van der Waals surface area contributed by atoms with E-state index in [1.54, 1.807) is 4.90 Å². The van der Waals surface area contributed by atoms with Gasteiger partial charge in [0.05, 0.1) is 23.8 Å². The van der Waals surface area contributed by atoms with Gasteiger partial charge in [-0.1, -0.05) is 0 Å². The molecule has 11 nitrogen and oxygen atoms in total. The number of piperazine rings is 1. The normalized spacial score (nSPS) is 16.8. The summed E-state index contributed by atoms with van der Waals surface area (Å²) in [7, 11) is -3.81. The highest BCUT2D eigenvalue weighted by molar-refractivity contribution is 7.92. The molecule has 0 radical (unpaired) electrons. The SMILES string of the molecule is O=C(C(=O)N1CCN(C(=O)c2ccc(S(=O)(=O)Nc3ccncc3)cc2)CC1)N1CCOCC1. The number of aromatic nitrogens is 1. The molecule has 0 spiro atoms. The summed E-state index contributed by atoms with van der Waals surface area (Å²) in [5.74, 6) is -1.37. The topological polar surface area (TPSA) is 129 Å². The summed E-state index contributed by atoms with van der Waals surface area (Å²) in [5.41, 5.74) is 0.724. The molecule has 1 aromatic carbocycles. The summed E-state index contributed by atoms with van der Waals surface area (Å²) in [6.07, 6.45) is 2.96. The number of nitrogens with one attached hydrogen (secondary N) is 1. The fraction of sp³-hybridized carbons (Fsp3) is 0.364. The maximum Gasteiger partial charge on any atom is 0.312 e. The van der Waals surface area contributed by atoms with Gasteiger partial charge in [-0.2, -0.15) is 0 Å². The van der Waals surface area contributed by atoms with Crippen molar-refractivity contribution >= 4 is 33.4 Å². The minimum absolute atomic E-state index is 0.0258. The van der Waals surface area contributed by atoms with Gasteiger partial charge in [-0.25, -0.2) is 8.42 Å². The van der Waals surface area contributed by atoms with Crippen LogP contribution in [0.3, 0.4) is 0 Å². The van der Waals surface area contributed by atoms with Crippen LogP contribution in [0.5, 0.6) is 0 Å². The summed E-state index contributed by atoms with van der Waals surface area (Å²) in [5, 5.41) is 0. The Morgan fingerprint density at radius 1 is 0.765 bits per heavy atom. The number of hydrogen-bond acceptors (Lipinski definition) is 7. The molecule has 2 fully saturated rings. The number of carbonyl (C=O) groups excluding carboxylic acids is 3. The number of morpholine rings is 1. The molecule has 180 valence electrons. The van der Waals surface area contributed by atoms with Crippen molar-refractivity contribution in [2.24, 2.45) is 0 Å². The van der Waals surface area contributed by atoms with Crippen LogP contribution in [0.2, 0.25) is 0 Å². The third kappa shape index (κ3) is 5.34. The van der Waals surface area contributed by atoms with Gasteiger partial charge in [-0.15, -0.1) is 0 Å². The molecule has 0 atom stereocenters. The van der Waals surface area contributed by atoms with E-state index in [4.69, 9.17) is 4.74 Å². The van der Waals surface area contributed by atoms with Crippen LogP contribution in [-0.4, -0.2) is 98.3 Å². The van der Waals surface area contributed by atoms with Crippen molar-refractivity contribution in [2.45, 2.75) is 4.90 Å². The first kappa shape index (κ1) is 23.6. The number of amides is 3. The van der Waals surface area contributed by atoms with Gasteiger partial charge in [0.25, 0.3) is 15.9 Å². The Bertz CT molecular complexity index is 1140. The lowest BCUT2D eigenvalue weighted by Crippen LogP contribution is -2.55. The number of ether oxygens (including phenoxy) is 1. The Hall–Kier alpha value is -3.51. The largest absolute Gasteiger partial charge is 0.378 e. The van der Waals surface area contributed by atoms with Gasteiger partial charge in [-0.3, -0.25) is 24.1 Å². The monoisotopic (exact) mass is 487 g/mol. The predicted octanol–water partition coefficient (Wildman–Crippen LogP) is 0.0256. The molecule has 1 aromatic heterocycles. The van der Waals surface area contributed by atoms with Gasteiger partial charge < -0.3 is 19.4 Å². The summed E-state index contributed by atoms with van der Waals surface area (Å²) < 4.78 is 32.8. The van der Waals surface area contributed by atoms with Crippen molar-refractivity contribution in [1.82, 2.24) is 19.7 Å². The molecule has 0 saturated carbocycles. The molecule has 2 aliphatic heterocycles. The average Bonchev–Trinajstić information content (AvgIpc) is 2.88. The van der Waals surface area contributed by atoms with Gasteiger partial charge in [0.2, 0.25) is 0 Å². The van der Waals surface area contributed by atoms with Crippen molar-refractivity contribution in [3.05, 3.63) is 54.4 Å². The Morgan fingerprint density at radius 2 is 1.29 bits per heavy atom. The number of sulfonamides is 1. The highest BCUT2D eigenvalue weighted by Crippen LogP contribution is 2.17. The third-order valence-corrected chi connectivity index (χ3v) is 7.08. The van der Waals surface area contributed by atoms with E-state index in [0.717, 1.165) is 0 Å². The fourth-order valence-electron chi connectivity index (χ4n) is 3.74. The zero-order valence-electron chi connectivity index (χ0n) is 18.4. The smallest absolute Gasteiger partial charge is 0.312 e. The van der Waals surface area contributed by atoms with E-state index in [1.165, 1.54) is 58.6 Å². The molecular formula is C22H25N5O6S. The zero-order valence-corrected chi connectivity index (χ0v) is 19.2. The molecule has 1 N–H and O–H groups in total. The third-order valence-electron chi connectivity index (χ3n) is 5.68. The van der Waals surface area contributed by atoms with Crippen LogP contribution in [0.25, 0.3) is 0 Å². The predicted molar refractivity (Wildman–Crippen MR) is 121 cm³/mol. The molecule has 0 unspecified atom stereocenters. The fourth-order valence-corrected chi connectivity index (χ4v) is 4.80. The lowest BCUT2D eigenvalue weighted by Gasteiger charge is -2.35. The molecule has 12 heteroatoms. The van der Waals surface area contributed by atoms with Gasteiger partial charge in [0.15, 0.2) is 0 Å². The lowest BCUT2D eigenvalue weighted by atomic mass is 10.2. The molecular weight excluding hydrogens is 462 g/mol. The van der Waals surface area contributed by atoms with Crippen molar-refractivity contribution in [1.29, 1.82) is 0 Å². The average molecular weight is 488 g/mol. The van der Waals surface area contributed by atoms with Gasteiger partial charge in [0.1, 0.15) is 0 Å². The summed E-state index contributed by atoms with van der Waals surface area (Å²) in [6.45, 7) is 2.70. The van der Waals surface area contributed by atoms with Gasteiger partial charge in [-0.05, 0) is 36.4 Å². The maximum absolute atomic E-state index is 12.9. The molecule has 3 amide bonds. The summed E-state index contributed by atoms with van der Waals surface area (Å²) in [4.78, 5) is 46.2. The quantitative estimate of drug-likeness (QED) is 0.602. The van der Waals surface area contributed by atoms with Crippen LogP contribution in [0, 0.1) is 0 Å². The number of anilines is 1. The molecule has 4 rings (SSSR count). The number of hydrogen-bond donors (Lipinski definition) is 1. The number of rotatable bonds is 4.